The summed E-state index contributed by atoms with van der Waals surface area (Å²) in [5.41, 5.74) is 6.05. The third-order valence-corrected chi connectivity index (χ3v) is 1.87. The summed E-state index contributed by atoms with van der Waals surface area (Å²) in [5.74, 6) is -0.620. The molecule has 0 aliphatic carbocycles. The normalized spacial score (nSPS) is 13.1. The molecule has 0 aliphatic heterocycles. The van der Waals surface area contributed by atoms with Crippen molar-refractivity contribution in [2.45, 2.75) is 26.4 Å². The second-order valence-corrected chi connectivity index (χ2v) is 3.65. The lowest BCUT2D eigenvalue weighted by Gasteiger charge is -2.12. The molecule has 14 heavy (non-hydrogen) atoms. The third kappa shape index (κ3) is 2.32. The number of nitrogens with two attached hydrogens (primary N) is 1. The highest BCUT2D eigenvalue weighted by atomic mass is 16.4. The van der Waals surface area contributed by atoms with E-state index in [1.54, 1.807) is 16.9 Å². The zero-order chi connectivity index (χ0) is 10.7. The van der Waals surface area contributed by atoms with Gasteiger partial charge in [0.25, 0.3) is 0 Å². The molecule has 5 heteroatoms. The van der Waals surface area contributed by atoms with Crippen molar-refractivity contribution in [3.05, 3.63) is 18.0 Å². The number of rotatable bonds is 4. The van der Waals surface area contributed by atoms with Crippen LogP contribution < -0.4 is 5.73 Å². The van der Waals surface area contributed by atoms with E-state index in [2.05, 4.69) is 5.10 Å². The van der Waals surface area contributed by atoms with Gasteiger partial charge in [-0.05, 0) is 12.0 Å². The largest absolute Gasteiger partial charge is 0.480 e. The van der Waals surface area contributed by atoms with Crippen LogP contribution in [0.25, 0.3) is 0 Å². The second-order valence-electron chi connectivity index (χ2n) is 3.65. The summed E-state index contributed by atoms with van der Waals surface area (Å²) in [4.78, 5) is 10.7. The van der Waals surface area contributed by atoms with E-state index >= 15 is 0 Å². The van der Waals surface area contributed by atoms with E-state index in [9.17, 15) is 4.79 Å². The molecule has 1 heterocycles. The molecular formula is C9H15N3O2. The topological polar surface area (TPSA) is 81.1 Å². The second kappa shape index (κ2) is 4.23. The van der Waals surface area contributed by atoms with E-state index in [1.807, 2.05) is 13.8 Å². The molecule has 3 N–H and O–H groups in total. The Morgan fingerprint density at radius 3 is 2.86 bits per heavy atom. The van der Waals surface area contributed by atoms with E-state index in [0.717, 1.165) is 0 Å². The molecule has 0 aromatic carbocycles. The zero-order valence-electron chi connectivity index (χ0n) is 8.34. The Hall–Kier alpha value is -1.36. The maximum atomic E-state index is 10.7. The molecule has 0 bridgehead atoms. The molecule has 1 aromatic rings. The number of carboxylic acid groups (broad SMARTS) is 1. The number of nitrogens with zero attached hydrogens (tertiary/aromatic N) is 2. The lowest BCUT2D eigenvalue weighted by molar-refractivity contribution is -0.138. The summed E-state index contributed by atoms with van der Waals surface area (Å²) in [6.07, 6.45) is 1.57. The SMILES string of the molecule is CC(C)Cn1nccc1C(N)C(=O)O. The van der Waals surface area contributed by atoms with Gasteiger partial charge in [0.05, 0.1) is 5.69 Å². The molecule has 0 radical (unpaired) electrons. The Labute approximate surface area is 82.5 Å². The van der Waals surface area contributed by atoms with Gasteiger partial charge in [0.1, 0.15) is 6.04 Å². The van der Waals surface area contributed by atoms with E-state index in [-0.39, 0.29) is 0 Å². The van der Waals surface area contributed by atoms with Crippen LogP contribution in [0.1, 0.15) is 25.6 Å². The van der Waals surface area contributed by atoms with Gasteiger partial charge in [-0.25, -0.2) is 0 Å². The average molecular weight is 197 g/mol. The number of hydrogen-bond donors (Lipinski definition) is 2. The number of carboxylic acids is 1. The molecule has 5 nitrogen and oxygen atoms in total. The van der Waals surface area contributed by atoms with Gasteiger partial charge in [-0.2, -0.15) is 5.10 Å². The van der Waals surface area contributed by atoms with Gasteiger partial charge < -0.3 is 10.8 Å². The van der Waals surface area contributed by atoms with Crippen LogP contribution >= 0.6 is 0 Å². The maximum Gasteiger partial charge on any atom is 0.326 e. The van der Waals surface area contributed by atoms with Crippen molar-refractivity contribution in [2.24, 2.45) is 11.7 Å². The number of hydrogen-bond acceptors (Lipinski definition) is 3. The Kier molecular flexibility index (Phi) is 3.24. The minimum absolute atomic E-state index is 0.412. The van der Waals surface area contributed by atoms with Crippen molar-refractivity contribution in [3.63, 3.8) is 0 Å². The van der Waals surface area contributed by atoms with E-state index < -0.39 is 12.0 Å². The van der Waals surface area contributed by atoms with Crippen LogP contribution in [0.3, 0.4) is 0 Å². The van der Waals surface area contributed by atoms with Crippen molar-refractivity contribution < 1.29 is 9.90 Å². The highest BCUT2D eigenvalue weighted by Crippen LogP contribution is 2.11. The Morgan fingerprint density at radius 2 is 2.36 bits per heavy atom. The van der Waals surface area contributed by atoms with Crippen LogP contribution in [-0.2, 0) is 11.3 Å². The van der Waals surface area contributed by atoms with Gasteiger partial charge in [-0.15, -0.1) is 0 Å². The summed E-state index contributed by atoms with van der Waals surface area (Å²) >= 11 is 0. The quantitative estimate of drug-likeness (QED) is 0.741. The molecule has 0 aliphatic rings. The number of aromatic nitrogens is 2. The zero-order valence-corrected chi connectivity index (χ0v) is 8.34. The highest BCUT2D eigenvalue weighted by molar-refractivity contribution is 5.74. The Balaban J connectivity index is 2.86. The molecule has 1 aromatic heterocycles. The van der Waals surface area contributed by atoms with Gasteiger partial charge in [0.2, 0.25) is 0 Å². The highest BCUT2D eigenvalue weighted by Gasteiger charge is 2.18. The van der Waals surface area contributed by atoms with Crippen LogP contribution in [0.15, 0.2) is 12.3 Å². The lowest BCUT2D eigenvalue weighted by Crippen LogP contribution is -2.25. The van der Waals surface area contributed by atoms with E-state index in [4.69, 9.17) is 10.8 Å². The summed E-state index contributed by atoms with van der Waals surface area (Å²) in [6.45, 7) is 4.76. The first-order chi connectivity index (χ1) is 6.52. The van der Waals surface area contributed by atoms with Crippen molar-refractivity contribution in [2.75, 3.05) is 0 Å². The number of aliphatic carboxylic acids is 1. The summed E-state index contributed by atoms with van der Waals surface area (Å²) in [6, 6.07) is 0.650. The third-order valence-electron chi connectivity index (χ3n) is 1.87. The van der Waals surface area contributed by atoms with Gasteiger partial charge >= 0.3 is 5.97 Å². The van der Waals surface area contributed by atoms with Crippen LogP contribution in [0.4, 0.5) is 0 Å². The van der Waals surface area contributed by atoms with Gasteiger partial charge in [-0.3, -0.25) is 9.48 Å². The molecule has 0 saturated heterocycles. The molecule has 0 amide bonds. The van der Waals surface area contributed by atoms with Crippen LogP contribution in [0.2, 0.25) is 0 Å². The maximum absolute atomic E-state index is 10.7. The monoisotopic (exact) mass is 197 g/mol. The lowest BCUT2D eigenvalue weighted by atomic mass is 10.2. The molecule has 1 unspecified atom stereocenters. The first kappa shape index (κ1) is 10.7. The Bertz CT molecular complexity index is 320. The molecular weight excluding hydrogens is 182 g/mol. The van der Waals surface area contributed by atoms with Crippen LogP contribution in [0.5, 0.6) is 0 Å². The van der Waals surface area contributed by atoms with Gasteiger partial charge in [-0.1, -0.05) is 13.8 Å². The summed E-state index contributed by atoms with van der Waals surface area (Å²) < 4.78 is 1.64. The van der Waals surface area contributed by atoms with E-state index in [1.165, 1.54) is 0 Å². The minimum Gasteiger partial charge on any atom is -0.480 e. The molecule has 0 saturated carbocycles. The Morgan fingerprint density at radius 1 is 1.71 bits per heavy atom. The molecule has 0 fully saturated rings. The van der Waals surface area contributed by atoms with Crippen molar-refractivity contribution in [3.8, 4) is 0 Å². The fourth-order valence-corrected chi connectivity index (χ4v) is 1.23. The predicted molar refractivity (Wildman–Crippen MR) is 51.6 cm³/mol. The fourth-order valence-electron chi connectivity index (χ4n) is 1.23. The summed E-state index contributed by atoms with van der Waals surface area (Å²) in [5, 5.41) is 12.8. The minimum atomic E-state index is -1.03. The van der Waals surface area contributed by atoms with Crippen molar-refractivity contribution in [1.29, 1.82) is 0 Å². The average Bonchev–Trinajstić information content (AvgIpc) is 2.49. The molecule has 78 valence electrons. The van der Waals surface area contributed by atoms with Crippen LogP contribution in [-0.4, -0.2) is 20.9 Å². The predicted octanol–water partition coefficient (Wildman–Crippen LogP) is 0.623. The fraction of sp³-hybridized carbons (Fsp3) is 0.556. The van der Waals surface area contributed by atoms with E-state index in [0.29, 0.717) is 18.2 Å². The first-order valence-corrected chi connectivity index (χ1v) is 4.52. The molecule has 0 spiro atoms. The number of carbonyl (C=O) groups is 1. The molecule has 1 rings (SSSR count). The van der Waals surface area contributed by atoms with Gasteiger partial charge in [0, 0.05) is 12.7 Å². The first-order valence-electron chi connectivity index (χ1n) is 4.52. The van der Waals surface area contributed by atoms with Crippen molar-refractivity contribution >= 4 is 5.97 Å². The smallest absolute Gasteiger partial charge is 0.326 e. The standard InChI is InChI=1S/C9H15N3O2/c1-6(2)5-12-7(3-4-11-12)8(10)9(13)14/h3-4,6,8H,5,10H2,1-2H3,(H,13,14). The summed E-state index contributed by atoms with van der Waals surface area (Å²) in [7, 11) is 0. The van der Waals surface area contributed by atoms with Crippen molar-refractivity contribution in [1.82, 2.24) is 9.78 Å². The molecule has 1 atom stereocenters. The van der Waals surface area contributed by atoms with Gasteiger partial charge in [0.15, 0.2) is 0 Å². The van der Waals surface area contributed by atoms with Crippen LogP contribution in [0, 0.1) is 5.92 Å².